The molecule has 1 amide bonds. The Hall–Kier alpha value is -1.88. The first-order chi connectivity index (χ1) is 7.96. The van der Waals surface area contributed by atoms with Crippen molar-refractivity contribution in [2.75, 3.05) is 6.54 Å². The molecule has 0 spiro atoms. The van der Waals surface area contributed by atoms with Crippen molar-refractivity contribution < 1.29 is 4.79 Å². The van der Waals surface area contributed by atoms with Crippen LogP contribution in [-0.2, 0) is 0 Å². The molecule has 0 aliphatic heterocycles. The SMILES string of the molecule is CC(C)(N)CNC(=O)c1ccc2nc[nH]c2c1. The summed E-state index contributed by atoms with van der Waals surface area (Å²) in [5.74, 6) is -0.125. The molecule has 0 saturated heterocycles. The van der Waals surface area contributed by atoms with Crippen LogP contribution in [0.4, 0.5) is 0 Å². The summed E-state index contributed by atoms with van der Waals surface area (Å²) in [5.41, 5.74) is 7.70. The van der Waals surface area contributed by atoms with E-state index in [1.807, 2.05) is 19.9 Å². The van der Waals surface area contributed by atoms with E-state index >= 15 is 0 Å². The second-order valence-corrected chi connectivity index (χ2v) is 4.81. The van der Waals surface area contributed by atoms with Gasteiger partial charge in [0, 0.05) is 17.6 Å². The van der Waals surface area contributed by atoms with E-state index in [0.29, 0.717) is 12.1 Å². The average molecular weight is 232 g/mol. The third kappa shape index (κ3) is 2.82. The summed E-state index contributed by atoms with van der Waals surface area (Å²) in [6, 6.07) is 5.34. The molecule has 0 bridgehead atoms. The highest BCUT2D eigenvalue weighted by atomic mass is 16.1. The molecular formula is C12H16N4O. The smallest absolute Gasteiger partial charge is 0.251 e. The molecule has 1 aromatic heterocycles. The molecule has 5 heteroatoms. The minimum atomic E-state index is -0.409. The molecule has 0 radical (unpaired) electrons. The lowest BCUT2D eigenvalue weighted by Crippen LogP contribution is -2.45. The molecule has 0 fully saturated rings. The Kier molecular flexibility index (Phi) is 2.85. The topological polar surface area (TPSA) is 83.8 Å². The first-order valence-corrected chi connectivity index (χ1v) is 5.46. The fraction of sp³-hybridized carbons (Fsp3) is 0.333. The van der Waals surface area contributed by atoms with Crippen LogP contribution in [0.5, 0.6) is 0 Å². The Morgan fingerprint density at radius 1 is 1.53 bits per heavy atom. The number of aromatic nitrogens is 2. The summed E-state index contributed by atoms with van der Waals surface area (Å²) < 4.78 is 0. The lowest BCUT2D eigenvalue weighted by Gasteiger charge is -2.18. The third-order valence-electron chi connectivity index (χ3n) is 2.39. The van der Waals surface area contributed by atoms with Gasteiger partial charge in [-0.05, 0) is 32.0 Å². The molecule has 1 heterocycles. The number of rotatable bonds is 3. The normalized spacial score (nSPS) is 11.7. The van der Waals surface area contributed by atoms with Gasteiger partial charge in [-0.2, -0.15) is 0 Å². The number of nitrogens with one attached hydrogen (secondary N) is 2. The number of benzene rings is 1. The molecule has 0 saturated carbocycles. The fourth-order valence-electron chi connectivity index (χ4n) is 1.49. The van der Waals surface area contributed by atoms with E-state index in [2.05, 4.69) is 15.3 Å². The first kappa shape index (κ1) is 11.6. The van der Waals surface area contributed by atoms with Gasteiger partial charge in [0.1, 0.15) is 0 Å². The molecule has 0 atom stereocenters. The lowest BCUT2D eigenvalue weighted by atomic mass is 10.1. The van der Waals surface area contributed by atoms with Crippen LogP contribution < -0.4 is 11.1 Å². The van der Waals surface area contributed by atoms with Crippen molar-refractivity contribution in [1.29, 1.82) is 0 Å². The minimum absolute atomic E-state index is 0.125. The number of fused-ring (bicyclic) bond motifs is 1. The van der Waals surface area contributed by atoms with Crippen molar-refractivity contribution in [3.63, 3.8) is 0 Å². The summed E-state index contributed by atoms with van der Waals surface area (Å²) in [6.45, 7) is 4.17. The zero-order chi connectivity index (χ0) is 12.5. The van der Waals surface area contributed by atoms with Gasteiger partial charge in [-0.3, -0.25) is 4.79 Å². The number of carbonyl (C=O) groups is 1. The molecule has 2 rings (SSSR count). The number of hydrogen-bond acceptors (Lipinski definition) is 3. The number of H-pyrrole nitrogens is 1. The highest BCUT2D eigenvalue weighted by molar-refractivity contribution is 5.97. The number of nitrogens with zero attached hydrogens (tertiary/aromatic N) is 1. The second kappa shape index (κ2) is 4.18. The third-order valence-corrected chi connectivity index (χ3v) is 2.39. The van der Waals surface area contributed by atoms with Crippen LogP contribution in [0.3, 0.4) is 0 Å². The minimum Gasteiger partial charge on any atom is -0.350 e. The highest BCUT2D eigenvalue weighted by Crippen LogP contribution is 2.11. The number of imidazole rings is 1. The Bertz CT molecular complexity index is 539. The molecule has 0 aliphatic rings. The van der Waals surface area contributed by atoms with Crippen molar-refractivity contribution >= 4 is 16.9 Å². The number of carbonyl (C=O) groups excluding carboxylic acids is 1. The van der Waals surface area contributed by atoms with Crippen LogP contribution in [0.1, 0.15) is 24.2 Å². The standard InChI is InChI=1S/C12H16N4O/c1-12(2,13)6-14-11(17)8-3-4-9-10(5-8)16-7-15-9/h3-5,7H,6,13H2,1-2H3,(H,14,17)(H,15,16). The summed E-state index contributed by atoms with van der Waals surface area (Å²) in [6.07, 6.45) is 1.61. The van der Waals surface area contributed by atoms with Crippen LogP contribution in [0.25, 0.3) is 11.0 Å². The molecule has 0 unspecified atom stereocenters. The molecule has 0 aliphatic carbocycles. The van der Waals surface area contributed by atoms with E-state index in [1.54, 1.807) is 18.5 Å². The number of aromatic amines is 1. The van der Waals surface area contributed by atoms with Crippen molar-refractivity contribution in [2.45, 2.75) is 19.4 Å². The maximum absolute atomic E-state index is 11.9. The molecule has 17 heavy (non-hydrogen) atoms. The summed E-state index contributed by atoms with van der Waals surface area (Å²) >= 11 is 0. The van der Waals surface area contributed by atoms with E-state index in [4.69, 9.17) is 5.73 Å². The number of nitrogens with two attached hydrogens (primary N) is 1. The van der Waals surface area contributed by atoms with Gasteiger partial charge in [0.15, 0.2) is 0 Å². The predicted octanol–water partition coefficient (Wildman–Crippen LogP) is 1.03. The van der Waals surface area contributed by atoms with Crippen LogP contribution in [0.2, 0.25) is 0 Å². The second-order valence-electron chi connectivity index (χ2n) is 4.81. The Labute approximate surface area is 99.4 Å². The van der Waals surface area contributed by atoms with Crippen molar-refractivity contribution in [1.82, 2.24) is 15.3 Å². The quantitative estimate of drug-likeness (QED) is 0.739. The van der Waals surface area contributed by atoms with E-state index in [0.717, 1.165) is 11.0 Å². The zero-order valence-corrected chi connectivity index (χ0v) is 9.95. The van der Waals surface area contributed by atoms with Crippen LogP contribution >= 0.6 is 0 Å². The van der Waals surface area contributed by atoms with E-state index in [-0.39, 0.29) is 5.91 Å². The Morgan fingerprint density at radius 2 is 2.29 bits per heavy atom. The van der Waals surface area contributed by atoms with E-state index < -0.39 is 5.54 Å². The van der Waals surface area contributed by atoms with Gasteiger partial charge >= 0.3 is 0 Å². The van der Waals surface area contributed by atoms with Crippen molar-refractivity contribution in [3.05, 3.63) is 30.1 Å². The largest absolute Gasteiger partial charge is 0.350 e. The molecule has 4 N–H and O–H groups in total. The first-order valence-electron chi connectivity index (χ1n) is 5.46. The molecule has 90 valence electrons. The average Bonchev–Trinajstić information content (AvgIpc) is 2.71. The summed E-state index contributed by atoms with van der Waals surface area (Å²) in [7, 11) is 0. The summed E-state index contributed by atoms with van der Waals surface area (Å²) in [5, 5.41) is 2.80. The van der Waals surface area contributed by atoms with Crippen LogP contribution in [0, 0.1) is 0 Å². The van der Waals surface area contributed by atoms with Crippen LogP contribution in [-0.4, -0.2) is 28.0 Å². The summed E-state index contributed by atoms with van der Waals surface area (Å²) in [4.78, 5) is 18.9. The van der Waals surface area contributed by atoms with E-state index in [9.17, 15) is 4.79 Å². The van der Waals surface area contributed by atoms with Gasteiger partial charge < -0.3 is 16.0 Å². The van der Waals surface area contributed by atoms with E-state index in [1.165, 1.54) is 0 Å². The Balaban J connectivity index is 2.13. The predicted molar refractivity (Wildman–Crippen MR) is 66.7 cm³/mol. The maximum atomic E-state index is 11.9. The fourth-order valence-corrected chi connectivity index (χ4v) is 1.49. The Morgan fingerprint density at radius 3 is 3.00 bits per heavy atom. The van der Waals surface area contributed by atoms with Gasteiger partial charge in [0.2, 0.25) is 0 Å². The van der Waals surface area contributed by atoms with Gasteiger partial charge in [-0.15, -0.1) is 0 Å². The van der Waals surface area contributed by atoms with Gasteiger partial charge in [0.25, 0.3) is 5.91 Å². The molecule has 5 nitrogen and oxygen atoms in total. The monoisotopic (exact) mass is 232 g/mol. The molecule has 2 aromatic rings. The number of amides is 1. The molecular weight excluding hydrogens is 216 g/mol. The lowest BCUT2D eigenvalue weighted by molar-refractivity contribution is 0.0946. The highest BCUT2D eigenvalue weighted by Gasteiger charge is 2.13. The van der Waals surface area contributed by atoms with Gasteiger partial charge in [-0.1, -0.05) is 0 Å². The molecule has 1 aromatic carbocycles. The van der Waals surface area contributed by atoms with Gasteiger partial charge in [-0.25, -0.2) is 4.98 Å². The van der Waals surface area contributed by atoms with Crippen LogP contribution in [0.15, 0.2) is 24.5 Å². The van der Waals surface area contributed by atoms with Gasteiger partial charge in [0.05, 0.1) is 17.4 Å². The zero-order valence-electron chi connectivity index (χ0n) is 9.95. The number of hydrogen-bond donors (Lipinski definition) is 3. The van der Waals surface area contributed by atoms with Crippen molar-refractivity contribution in [3.8, 4) is 0 Å². The van der Waals surface area contributed by atoms with Crippen molar-refractivity contribution in [2.24, 2.45) is 5.73 Å². The maximum Gasteiger partial charge on any atom is 0.251 e.